The lowest BCUT2D eigenvalue weighted by Crippen LogP contribution is -2.04. The van der Waals surface area contributed by atoms with Crippen LogP contribution in [0.3, 0.4) is 0 Å². The highest BCUT2D eigenvalue weighted by atomic mass is 35.5. The predicted molar refractivity (Wildman–Crippen MR) is 69.8 cm³/mol. The van der Waals surface area contributed by atoms with Crippen molar-refractivity contribution in [3.8, 4) is 11.8 Å². The normalized spacial score (nSPS) is 9.88. The van der Waals surface area contributed by atoms with Crippen molar-refractivity contribution in [2.45, 2.75) is 0 Å². The topological polar surface area (TPSA) is 12.0 Å². The van der Waals surface area contributed by atoms with Gasteiger partial charge < -0.3 is 5.32 Å². The Bertz CT molecular complexity index is 564. The van der Waals surface area contributed by atoms with Crippen LogP contribution in [0.4, 0.5) is 0 Å². The lowest BCUT2D eigenvalue weighted by atomic mass is 10.0. The van der Waals surface area contributed by atoms with Crippen molar-refractivity contribution in [3.63, 3.8) is 0 Å². The first kappa shape index (κ1) is 11.0. The summed E-state index contributed by atoms with van der Waals surface area (Å²) < 4.78 is 0. The molecule has 2 rings (SSSR count). The Hall–Kier alpha value is -1.49. The summed E-state index contributed by atoms with van der Waals surface area (Å²) in [4.78, 5) is 0. The summed E-state index contributed by atoms with van der Waals surface area (Å²) >= 11 is 6.13. The second kappa shape index (κ2) is 5.03. The molecule has 80 valence electrons. The molecule has 0 aliphatic heterocycles. The number of hydrogen-bond acceptors (Lipinski definition) is 1. The molecule has 0 fully saturated rings. The molecule has 16 heavy (non-hydrogen) atoms. The van der Waals surface area contributed by atoms with E-state index in [1.54, 1.807) is 0 Å². The van der Waals surface area contributed by atoms with E-state index >= 15 is 0 Å². The van der Waals surface area contributed by atoms with Gasteiger partial charge in [0.25, 0.3) is 0 Å². The van der Waals surface area contributed by atoms with Gasteiger partial charge in [-0.15, -0.1) is 0 Å². The largest absolute Gasteiger partial charge is 0.309 e. The highest BCUT2D eigenvalue weighted by molar-refractivity contribution is 6.35. The standard InChI is InChI=1S/C14H12ClN/c1-16-10-4-5-11-8-9-14(15)13-7-3-2-6-12(11)13/h2-3,6-9,16H,10H2,1H3. The summed E-state index contributed by atoms with van der Waals surface area (Å²) in [5.74, 6) is 6.20. The van der Waals surface area contributed by atoms with E-state index in [2.05, 4.69) is 17.2 Å². The minimum atomic E-state index is 0.691. The molecule has 1 nitrogen and oxygen atoms in total. The summed E-state index contributed by atoms with van der Waals surface area (Å²) in [7, 11) is 1.88. The van der Waals surface area contributed by atoms with Crippen molar-refractivity contribution in [2.24, 2.45) is 0 Å². The molecule has 2 heteroatoms. The Kier molecular flexibility index (Phi) is 3.46. The fraction of sp³-hybridized carbons (Fsp3) is 0.143. The second-order valence-electron chi connectivity index (χ2n) is 3.47. The van der Waals surface area contributed by atoms with Crippen LogP contribution in [0.25, 0.3) is 10.8 Å². The SMILES string of the molecule is CNCC#Cc1ccc(Cl)c2ccccc12. The molecular weight excluding hydrogens is 218 g/mol. The van der Waals surface area contributed by atoms with E-state index in [9.17, 15) is 0 Å². The minimum absolute atomic E-state index is 0.691. The number of fused-ring (bicyclic) bond motifs is 1. The summed E-state index contributed by atoms with van der Waals surface area (Å²) in [6.07, 6.45) is 0. The van der Waals surface area contributed by atoms with Crippen molar-refractivity contribution in [1.29, 1.82) is 0 Å². The van der Waals surface area contributed by atoms with Gasteiger partial charge in [0.05, 0.1) is 6.54 Å². The first-order chi connectivity index (χ1) is 7.83. The zero-order valence-electron chi connectivity index (χ0n) is 9.05. The van der Waals surface area contributed by atoms with Crippen LogP contribution in [0.1, 0.15) is 5.56 Å². The van der Waals surface area contributed by atoms with Crippen LogP contribution in [0, 0.1) is 11.8 Å². The maximum atomic E-state index is 6.13. The summed E-state index contributed by atoms with van der Waals surface area (Å²) in [5.41, 5.74) is 1.02. The average molecular weight is 230 g/mol. The number of nitrogens with one attached hydrogen (secondary N) is 1. The van der Waals surface area contributed by atoms with E-state index in [-0.39, 0.29) is 0 Å². The zero-order chi connectivity index (χ0) is 11.4. The molecular formula is C14H12ClN. The number of halogens is 1. The van der Waals surface area contributed by atoms with Crippen LogP contribution in [0.15, 0.2) is 36.4 Å². The van der Waals surface area contributed by atoms with E-state index < -0.39 is 0 Å². The van der Waals surface area contributed by atoms with Crippen LogP contribution in [0.2, 0.25) is 5.02 Å². The summed E-state index contributed by atoms with van der Waals surface area (Å²) in [5, 5.41) is 5.94. The molecule has 0 atom stereocenters. The molecule has 0 spiro atoms. The van der Waals surface area contributed by atoms with E-state index in [0.717, 1.165) is 21.4 Å². The molecule has 0 aromatic heterocycles. The number of benzene rings is 2. The molecule has 0 aliphatic carbocycles. The fourth-order valence-corrected chi connectivity index (χ4v) is 1.83. The molecule has 2 aromatic rings. The average Bonchev–Trinajstić information content (AvgIpc) is 2.33. The molecule has 0 heterocycles. The molecule has 0 saturated heterocycles. The van der Waals surface area contributed by atoms with Crippen LogP contribution in [-0.4, -0.2) is 13.6 Å². The van der Waals surface area contributed by atoms with Gasteiger partial charge in [0.2, 0.25) is 0 Å². The monoisotopic (exact) mass is 229 g/mol. The van der Waals surface area contributed by atoms with Crippen LogP contribution in [-0.2, 0) is 0 Å². The minimum Gasteiger partial charge on any atom is -0.309 e. The predicted octanol–water partition coefficient (Wildman–Crippen LogP) is 3.06. The number of hydrogen-bond donors (Lipinski definition) is 1. The van der Waals surface area contributed by atoms with Crippen LogP contribution in [0.5, 0.6) is 0 Å². The van der Waals surface area contributed by atoms with Crippen LogP contribution >= 0.6 is 11.6 Å². The van der Waals surface area contributed by atoms with Gasteiger partial charge in [0.15, 0.2) is 0 Å². The molecule has 0 saturated carbocycles. The van der Waals surface area contributed by atoms with E-state index in [0.29, 0.717) is 6.54 Å². The highest BCUT2D eigenvalue weighted by Gasteiger charge is 2.01. The third-order valence-electron chi connectivity index (χ3n) is 2.36. The van der Waals surface area contributed by atoms with Crippen molar-refractivity contribution < 1.29 is 0 Å². The van der Waals surface area contributed by atoms with E-state index in [4.69, 9.17) is 11.6 Å². The Morgan fingerprint density at radius 3 is 2.62 bits per heavy atom. The van der Waals surface area contributed by atoms with Crippen LogP contribution < -0.4 is 5.32 Å². The highest BCUT2D eigenvalue weighted by Crippen LogP contribution is 2.25. The van der Waals surface area contributed by atoms with E-state index in [1.807, 2.05) is 43.4 Å². The summed E-state index contributed by atoms with van der Waals surface area (Å²) in [6, 6.07) is 11.9. The van der Waals surface area contributed by atoms with Gasteiger partial charge in [-0.25, -0.2) is 0 Å². The third kappa shape index (κ3) is 2.19. The van der Waals surface area contributed by atoms with Gasteiger partial charge in [-0.1, -0.05) is 47.7 Å². The fourth-order valence-electron chi connectivity index (χ4n) is 1.60. The molecule has 0 aliphatic rings. The van der Waals surface area contributed by atoms with Crippen molar-refractivity contribution in [2.75, 3.05) is 13.6 Å². The first-order valence-corrected chi connectivity index (χ1v) is 5.51. The quantitative estimate of drug-likeness (QED) is 0.742. The molecule has 2 aromatic carbocycles. The Labute approximate surface area is 100 Å². The van der Waals surface area contributed by atoms with Gasteiger partial charge in [0, 0.05) is 16.0 Å². The maximum Gasteiger partial charge on any atom is 0.0577 e. The number of rotatable bonds is 1. The molecule has 0 radical (unpaired) electrons. The molecule has 0 amide bonds. The van der Waals surface area contributed by atoms with Gasteiger partial charge >= 0.3 is 0 Å². The van der Waals surface area contributed by atoms with E-state index in [1.165, 1.54) is 0 Å². The second-order valence-corrected chi connectivity index (χ2v) is 3.88. The molecule has 0 bridgehead atoms. The maximum absolute atomic E-state index is 6.13. The third-order valence-corrected chi connectivity index (χ3v) is 2.69. The van der Waals surface area contributed by atoms with Crippen molar-refractivity contribution in [3.05, 3.63) is 47.0 Å². The lowest BCUT2D eigenvalue weighted by Gasteiger charge is -2.02. The van der Waals surface area contributed by atoms with Gasteiger partial charge in [-0.3, -0.25) is 0 Å². The molecule has 1 N–H and O–H groups in total. The van der Waals surface area contributed by atoms with Gasteiger partial charge in [-0.2, -0.15) is 0 Å². The lowest BCUT2D eigenvalue weighted by molar-refractivity contribution is 0.938. The van der Waals surface area contributed by atoms with Crippen molar-refractivity contribution >= 4 is 22.4 Å². The van der Waals surface area contributed by atoms with Gasteiger partial charge in [-0.05, 0) is 24.6 Å². The first-order valence-electron chi connectivity index (χ1n) is 5.13. The Morgan fingerprint density at radius 2 is 1.88 bits per heavy atom. The molecule has 0 unspecified atom stereocenters. The summed E-state index contributed by atoms with van der Waals surface area (Å²) in [6.45, 7) is 0.691. The Balaban J connectivity index is 2.56. The Morgan fingerprint density at radius 1 is 1.12 bits per heavy atom. The van der Waals surface area contributed by atoms with Crippen molar-refractivity contribution in [1.82, 2.24) is 5.32 Å². The zero-order valence-corrected chi connectivity index (χ0v) is 9.81. The van der Waals surface area contributed by atoms with Gasteiger partial charge in [0.1, 0.15) is 0 Å². The smallest absolute Gasteiger partial charge is 0.0577 e.